The number of hydrogen-bond acceptors (Lipinski definition) is 6. The first-order valence-corrected chi connectivity index (χ1v) is 8.84. The van der Waals surface area contributed by atoms with Gasteiger partial charge in [0.2, 0.25) is 5.88 Å². The lowest BCUT2D eigenvalue weighted by Gasteiger charge is -2.12. The minimum absolute atomic E-state index is 0.300. The third-order valence-corrected chi connectivity index (χ3v) is 4.47. The Balaban J connectivity index is 1.89. The van der Waals surface area contributed by atoms with Crippen LogP contribution in [0.2, 0.25) is 0 Å². The fourth-order valence-electron chi connectivity index (χ4n) is 2.29. The van der Waals surface area contributed by atoms with E-state index in [2.05, 4.69) is 15.5 Å². The lowest BCUT2D eigenvalue weighted by Crippen LogP contribution is -2.21. The molecule has 3 rings (SSSR count). The van der Waals surface area contributed by atoms with Gasteiger partial charge in [-0.05, 0) is 54.8 Å². The Morgan fingerprint density at radius 3 is 2.58 bits per heavy atom. The molecule has 0 radical (unpaired) electrons. The molecule has 6 nitrogen and oxygen atoms in total. The van der Waals surface area contributed by atoms with E-state index in [9.17, 15) is 5.21 Å². The number of ether oxygens (including phenoxy) is 2. The highest BCUT2D eigenvalue weighted by atomic mass is 32.1. The van der Waals surface area contributed by atoms with Gasteiger partial charge in [0, 0.05) is 10.6 Å². The minimum Gasteiger partial charge on any atom is -0.497 e. The van der Waals surface area contributed by atoms with Crippen LogP contribution in [0.4, 0.5) is 0 Å². The monoisotopic (exact) mass is 369 g/mol. The Kier molecular flexibility index (Phi) is 5.83. The second-order valence-corrected chi connectivity index (χ2v) is 6.47. The van der Waals surface area contributed by atoms with Gasteiger partial charge >= 0.3 is 0 Å². The maximum Gasteiger partial charge on any atom is 0.230 e. The number of hydrogen-bond donors (Lipinski definition) is 2. The summed E-state index contributed by atoms with van der Waals surface area (Å²) in [6.45, 7) is 2.33. The van der Waals surface area contributed by atoms with Crippen molar-refractivity contribution in [1.82, 2.24) is 10.5 Å². The fraction of sp³-hybridized carbons (Fsp3) is 0.158. The van der Waals surface area contributed by atoms with Crippen LogP contribution in [0.25, 0.3) is 0 Å². The molecule has 0 atom stereocenters. The van der Waals surface area contributed by atoms with Crippen molar-refractivity contribution < 1.29 is 14.7 Å². The number of nitrogens with one attached hydrogen (secondary N) is 1. The molecule has 3 aromatic rings. The molecule has 0 fully saturated rings. The summed E-state index contributed by atoms with van der Waals surface area (Å²) in [5.41, 5.74) is 3.53. The van der Waals surface area contributed by atoms with E-state index in [0.29, 0.717) is 29.6 Å². The molecule has 2 N–H and O–H groups in total. The molecule has 0 amide bonds. The van der Waals surface area contributed by atoms with Crippen molar-refractivity contribution in [2.45, 2.75) is 13.5 Å². The molecule has 2 heterocycles. The second kappa shape index (κ2) is 8.46. The number of methoxy groups -OCH3 is 1. The Labute approximate surface area is 155 Å². The van der Waals surface area contributed by atoms with Gasteiger partial charge in [-0.15, -0.1) is 11.3 Å². The zero-order chi connectivity index (χ0) is 18.4. The second-order valence-electron chi connectivity index (χ2n) is 5.44. The number of amidine groups is 1. The molecule has 0 aliphatic carbocycles. The van der Waals surface area contributed by atoms with Gasteiger partial charge in [-0.3, -0.25) is 15.7 Å². The average molecular weight is 369 g/mol. The molecule has 0 bridgehead atoms. The van der Waals surface area contributed by atoms with Crippen molar-refractivity contribution >= 4 is 17.2 Å². The summed E-state index contributed by atoms with van der Waals surface area (Å²) in [5, 5.41) is 11.5. The number of pyridine rings is 1. The quantitative estimate of drug-likeness (QED) is 0.387. The molecule has 2 aromatic heterocycles. The number of benzene rings is 1. The van der Waals surface area contributed by atoms with E-state index >= 15 is 0 Å². The van der Waals surface area contributed by atoms with Gasteiger partial charge in [-0.2, -0.15) is 0 Å². The first-order chi connectivity index (χ1) is 12.7. The number of nitrogens with zero attached hydrogens (tertiary/aromatic N) is 2. The van der Waals surface area contributed by atoms with E-state index in [1.54, 1.807) is 42.7 Å². The predicted molar refractivity (Wildman–Crippen MR) is 102 cm³/mol. The van der Waals surface area contributed by atoms with Crippen LogP contribution in [0.1, 0.15) is 16.1 Å². The number of thiophene rings is 1. The molecule has 0 saturated heterocycles. The van der Waals surface area contributed by atoms with Crippen molar-refractivity contribution in [1.29, 1.82) is 0 Å². The number of aryl methyl sites for hydroxylation is 1. The van der Waals surface area contributed by atoms with E-state index in [1.807, 2.05) is 36.6 Å². The SMILES string of the molecule is COc1ccc(Oc2nc(C)ccc2C(=NCc2cccs2)NO)cc1. The van der Waals surface area contributed by atoms with E-state index in [-0.39, 0.29) is 0 Å². The number of aliphatic imine (C=N–C) groups is 1. The van der Waals surface area contributed by atoms with Crippen LogP contribution >= 0.6 is 11.3 Å². The Morgan fingerprint density at radius 1 is 1.15 bits per heavy atom. The van der Waals surface area contributed by atoms with E-state index < -0.39 is 0 Å². The molecular formula is C19H19N3O3S. The molecular weight excluding hydrogens is 350 g/mol. The maximum atomic E-state index is 9.56. The third kappa shape index (κ3) is 4.38. The summed E-state index contributed by atoms with van der Waals surface area (Å²) >= 11 is 1.61. The van der Waals surface area contributed by atoms with Crippen LogP contribution in [-0.2, 0) is 6.54 Å². The lowest BCUT2D eigenvalue weighted by molar-refractivity contribution is 0.234. The van der Waals surface area contributed by atoms with Gasteiger partial charge in [0.05, 0.1) is 19.2 Å². The highest BCUT2D eigenvalue weighted by Crippen LogP contribution is 2.26. The van der Waals surface area contributed by atoms with Crippen LogP contribution in [0, 0.1) is 6.92 Å². The van der Waals surface area contributed by atoms with Gasteiger partial charge in [-0.1, -0.05) is 6.07 Å². The highest BCUT2D eigenvalue weighted by molar-refractivity contribution is 7.09. The van der Waals surface area contributed by atoms with Crippen LogP contribution < -0.4 is 15.0 Å². The van der Waals surface area contributed by atoms with E-state index in [4.69, 9.17) is 9.47 Å². The van der Waals surface area contributed by atoms with E-state index in [0.717, 1.165) is 16.3 Å². The Bertz CT molecular complexity index is 878. The maximum absolute atomic E-state index is 9.56. The van der Waals surface area contributed by atoms with Crippen molar-refractivity contribution in [2.75, 3.05) is 7.11 Å². The minimum atomic E-state index is 0.300. The summed E-state index contributed by atoms with van der Waals surface area (Å²) in [4.78, 5) is 9.98. The normalized spacial score (nSPS) is 11.3. The van der Waals surface area contributed by atoms with Crippen LogP contribution in [0.3, 0.4) is 0 Å². The molecule has 0 unspecified atom stereocenters. The molecule has 134 valence electrons. The lowest BCUT2D eigenvalue weighted by atomic mass is 10.2. The summed E-state index contributed by atoms with van der Waals surface area (Å²) < 4.78 is 11.1. The molecule has 7 heteroatoms. The number of rotatable bonds is 6. The zero-order valence-electron chi connectivity index (χ0n) is 14.5. The predicted octanol–water partition coefficient (Wildman–Crippen LogP) is 4.18. The van der Waals surface area contributed by atoms with Gasteiger partial charge in [0.15, 0.2) is 5.84 Å². The Morgan fingerprint density at radius 2 is 1.92 bits per heavy atom. The fourth-order valence-corrected chi connectivity index (χ4v) is 2.91. The Hall–Kier alpha value is -2.90. The first kappa shape index (κ1) is 17.9. The molecule has 0 saturated carbocycles. The smallest absolute Gasteiger partial charge is 0.230 e. The average Bonchev–Trinajstić information content (AvgIpc) is 3.18. The van der Waals surface area contributed by atoms with Crippen molar-refractivity contribution in [3.8, 4) is 17.4 Å². The summed E-state index contributed by atoms with van der Waals surface area (Å²) in [7, 11) is 1.61. The molecule has 0 aliphatic rings. The van der Waals surface area contributed by atoms with Gasteiger partial charge in [0.25, 0.3) is 0 Å². The summed E-state index contributed by atoms with van der Waals surface area (Å²) in [6, 6.07) is 14.8. The largest absolute Gasteiger partial charge is 0.497 e. The van der Waals surface area contributed by atoms with Gasteiger partial charge in [0.1, 0.15) is 11.5 Å². The molecule has 1 aromatic carbocycles. The first-order valence-electron chi connectivity index (χ1n) is 7.96. The van der Waals surface area contributed by atoms with Gasteiger partial charge in [-0.25, -0.2) is 4.98 Å². The number of aromatic nitrogens is 1. The van der Waals surface area contributed by atoms with Crippen molar-refractivity contribution in [3.05, 3.63) is 70.0 Å². The zero-order valence-corrected chi connectivity index (χ0v) is 15.3. The number of hydroxylamine groups is 1. The molecule has 0 aliphatic heterocycles. The summed E-state index contributed by atoms with van der Waals surface area (Å²) in [5.74, 6) is 2.02. The standard InChI is InChI=1S/C19H19N3O3S/c1-13-5-10-17(18(22-23)20-12-16-4-3-11-26-16)19(21-13)25-15-8-6-14(24-2)7-9-15/h3-11,23H,12H2,1-2H3,(H,20,22). The third-order valence-electron chi connectivity index (χ3n) is 3.61. The van der Waals surface area contributed by atoms with Gasteiger partial charge < -0.3 is 9.47 Å². The van der Waals surface area contributed by atoms with Crippen LogP contribution in [0.15, 0.2) is 58.9 Å². The summed E-state index contributed by atoms with van der Waals surface area (Å²) in [6.07, 6.45) is 0. The van der Waals surface area contributed by atoms with Crippen molar-refractivity contribution in [2.24, 2.45) is 4.99 Å². The van der Waals surface area contributed by atoms with Crippen molar-refractivity contribution in [3.63, 3.8) is 0 Å². The van der Waals surface area contributed by atoms with Crippen LogP contribution in [-0.4, -0.2) is 23.1 Å². The van der Waals surface area contributed by atoms with E-state index in [1.165, 1.54) is 0 Å². The highest BCUT2D eigenvalue weighted by Gasteiger charge is 2.13. The molecule has 26 heavy (non-hydrogen) atoms. The molecule has 0 spiro atoms. The topological polar surface area (TPSA) is 76.0 Å². The van der Waals surface area contributed by atoms with Crippen LogP contribution in [0.5, 0.6) is 17.4 Å².